The number of amidine groups is 1. The predicted molar refractivity (Wildman–Crippen MR) is 83.6 cm³/mol. The van der Waals surface area contributed by atoms with Crippen molar-refractivity contribution in [2.45, 2.75) is 13.0 Å². The molecule has 0 aliphatic carbocycles. The third-order valence-corrected chi connectivity index (χ3v) is 4.44. The van der Waals surface area contributed by atoms with Crippen LogP contribution in [0.25, 0.3) is 0 Å². The third-order valence-electron chi connectivity index (χ3n) is 3.16. The van der Waals surface area contributed by atoms with Crippen LogP contribution in [0.15, 0.2) is 35.7 Å². The van der Waals surface area contributed by atoms with E-state index in [4.69, 9.17) is 22.7 Å². The Morgan fingerprint density at radius 1 is 1.42 bits per heavy atom. The lowest BCUT2D eigenvalue weighted by Crippen LogP contribution is -2.24. The number of halogens is 1. The Morgan fingerprint density at radius 3 is 2.74 bits per heavy atom. The van der Waals surface area contributed by atoms with E-state index < -0.39 is 0 Å². The van der Waals surface area contributed by atoms with Crippen LogP contribution in [0, 0.1) is 5.41 Å². The Balaban J connectivity index is 2.38. The van der Waals surface area contributed by atoms with Crippen LogP contribution in [0.5, 0.6) is 0 Å². The molecule has 2 rings (SSSR count). The van der Waals surface area contributed by atoms with Crippen molar-refractivity contribution in [1.29, 1.82) is 5.41 Å². The van der Waals surface area contributed by atoms with Crippen LogP contribution in [0.4, 0.5) is 5.69 Å². The van der Waals surface area contributed by atoms with E-state index in [1.807, 2.05) is 25.2 Å². The number of nitrogens with zero attached hydrogens (tertiary/aromatic N) is 1. The van der Waals surface area contributed by atoms with E-state index >= 15 is 0 Å². The number of nitrogens with one attached hydrogen (secondary N) is 1. The minimum atomic E-state index is 0.0303. The van der Waals surface area contributed by atoms with Crippen molar-refractivity contribution in [2.24, 2.45) is 5.73 Å². The minimum absolute atomic E-state index is 0.0303. The molecule has 5 heteroatoms. The Labute approximate surface area is 122 Å². The number of hydrogen-bond donors (Lipinski definition) is 2. The van der Waals surface area contributed by atoms with E-state index in [0.29, 0.717) is 10.6 Å². The molecule has 1 aromatic carbocycles. The first-order valence-corrected chi connectivity index (χ1v) is 7.16. The van der Waals surface area contributed by atoms with Crippen LogP contribution < -0.4 is 10.6 Å². The molecular formula is C14H16ClN3S. The van der Waals surface area contributed by atoms with Gasteiger partial charge in [-0.3, -0.25) is 5.41 Å². The van der Waals surface area contributed by atoms with Gasteiger partial charge in [-0.15, -0.1) is 11.3 Å². The normalized spacial score (nSPS) is 12.2. The predicted octanol–water partition coefficient (Wildman–Crippen LogP) is 3.88. The lowest BCUT2D eigenvalue weighted by Gasteiger charge is -2.28. The van der Waals surface area contributed by atoms with E-state index in [-0.39, 0.29) is 11.9 Å². The monoisotopic (exact) mass is 293 g/mol. The third kappa shape index (κ3) is 2.91. The van der Waals surface area contributed by atoms with Crippen molar-refractivity contribution in [3.8, 4) is 0 Å². The fourth-order valence-electron chi connectivity index (χ4n) is 1.96. The Morgan fingerprint density at radius 2 is 2.16 bits per heavy atom. The number of benzene rings is 1. The number of rotatable bonds is 4. The first kappa shape index (κ1) is 13.9. The van der Waals surface area contributed by atoms with Gasteiger partial charge >= 0.3 is 0 Å². The average Bonchev–Trinajstić information content (AvgIpc) is 2.90. The molecule has 3 N–H and O–H groups in total. The summed E-state index contributed by atoms with van der Waals surface area (Å²) in [4.78, 5) is 3.38. The van der Waals surface area contributed by atoms with Crippen LogP contribution in [-0.2, 0) is 0 Å². The first-order valence-electron chi connectivity index (χ1n) is 5.91. The molecule has 1 aromatic heterocycles. The molecule has 0 fully saturated rings. The van der Waals surface area contributed by atoms with Gasteiger partial charge in [-0.25, -0.2) is 0 Å². The number of anilines is 1. The molecule has 2 aromatic rings. The molecule has 19 heavy (non-hydrogen) atoms. The largest absolute Gasteiger partial charge is 0.384 e. The average molecular weight is 294 g/mol. The van der Waals surface area contributed by atoms with Crippen LogP contribution >= 0.6 is 22.9 Å². The molecule has 3 nitrogen and oxygen atoms in total. The van der Waals surface area contributed by atoms with Crippen molar-refractivity contribution in [1.82, 2.24) is 0 Å². The van der Waals surface area contributed by atoms with Gasteiger partial charge in [-0.2, -0.15) is 0 Å². The van der Waals surface area contributed by atoms with E-state index in [1.54, 1.807) is 17.4 Å². The molecule has 1 unspecified atom stereocenters. The molecule has 1 heterocycles. The summed E-state index contributed by atoms with van der Waals surface area (Å²) in [6, 6.07) is 9.83. The van der Waals surface area contributed by atoms with Crippen LogP contribution in [0.1, 0.15) is 23.4 Å². The molecule has 0 aliphatic rings. The van der Waals surface area contributed by atoms with Crippen molar-refractivity contribution in [3.63, 3.8) is 0 Å². The van der Waals surface area contributed by atoms with Gasteiger partial charge in [0.2, 0.25) is 0 Å². The van der Waals surface area contributed by atoms with Crippen molar-refractivity contribution in [2.75, 3.05) is 11.9 Å². The zero-order chi connectivity index (χ0) is 14.0. The van der Waals surface area contributed by atoms with Crippen molar-refractivity contribution < 1.29 is 0 Å². The highest BCUT2D eigenvalue weighted by molar-refractivity contribution is 7.10. The second-order valence-electron chi connectivity index (χ2n) is 4.38. The molecule has 0 amide bonds. The Kier molecular flexibility index (Phi) is 4.12. The lowest BCUT2D eigenvalue weighted by molar-refractivity contribution is 0.753. The van der Waals surface area contributed by atoms with Gasteiger partial charge in [0.05, 0.1) is 6.04 Å². The quantitative estimate of drug-likeness (QED) is 0.664. The van der Waals surface area contributed by atoms with Gasteiger partial charge in [-0.1, -0.05) is 17.7 Å². The summed E-state index contributed by atoms with van der Waals surface area (Å²) < 4.78 is 0. The molecule has 0 saturated carbocycles. The number of thiophene rings is 1. The molecule has 1 atom stereocenters. The fourth-order valence-corrected chi connectivity index (χ4v) is 2.96. The number of hydrogen-bond acceptors (Lipinski definition) is 3. The minimum Gasteiger partial charge on any atom is -0.384 e. The zero-order valence-electron chi connectivity index (χ0n) is 10.9. The highest BCUT2D eigenvalue weighted by Crippen LogP contribution is 2.31. The summed E-state index contributed by atoms with van der Waals surface area (Å²) >= 11 is 7.69. The summed E-state index contributed by atoms with van der Waals surface area (Å²) in [5, 5.41) is 10.3. The Hall–Kier alpha value is -1.52. The molecular weight excluding hydrogens is 278 g/mol. The molecule has 0 spiro atoms. The van der Waals surface area contributed by atoms with Crippen molar-refractivity contribution in [3.05, 3.63) is 51.2 Å². The maximum absolute atomic E-state index is 7.68. The van der Waals surface area contributed by atoms with Crippen LogP contribution in [-0.4, -0.2) is 12.9 Å². The molecule has 100 valence electrons. The smallest absolute Gasteiger partial charge is 0.124 e. The molecule has 0 aliphatic heterocycles. The van der Waals surface area contributed by atoms with Gasteiger partial charge in [0.1, 0.15) is 5.84 Å². The molecule has 0 bridgehead atoms. The standard InChI is InChI=1S/C14H16ClN3S/c1-9(13-4-3-7-19-13)18(2)12-6-5-10(15)8-11(12)14(16)17/h3-9H,1-2H3,(H3,16,17). The zero-order valence-corrected chi connectivity index (χ0v) is 12.4. The second-order valence-corrected chi connectivity index (χ2v) is 5.79. The topological polar surface area (TPSA) is 53.1 Å². The van der Waals surface area contributed by atoms with Gasteiger partial charge in [0.25, 0.3) is 0 Å². The second kappa shape index (κ2) is 5.63. The highest BCUT2D eigenvalue weighted by Gasteiger charge is 2.17. The van der Waals surface area contributed by atoms with E-state index in [0.717, 1.165) is 5.69 Å². The van der Waals surface area contributed by atoms with Crippen molar-refractivity contribution >= 4 is 34.5 Å². The van der Waals surface area contributed by atoms with Gasteiger partial charge in [-0.05, 0) is 36.6 Å². The SMILES string of the molecule is CC(c1cccs1)N(C)c1ccc(Cl)cc1C(=N)N. The van der Waals surface area contributed by atoms with E-state index in [1.165, 1.54) is 4.88 Å². The lowest BCUT2D eigenvalue weighted by atomic mass is 10.1. The summed E-state index contributed by atoms with van der Waals surface area (Å²) in [7, 11) is 2.00. The molecule has 0 saturated heterocycles. The molecule has 0 radical (unpaired) electrons. The maximum Gasteiger partial charge on any atom is 0.124 e. The van der Waals surface area contributed by atoms with Gasteiger partial charge < -0.3 is 10.6 Å². The van der Waals surface area contributed by atoms with E-state index in [9.17, 15) is 0 Å². The van der Waals surface area contributed by atoms with Gasteiger partial charge in [0.15, 0.2) is 0 Å². The summed E-state index contributed by atoms with van der Waals surface area (Å²) in [6.45, 7) is 2.13. The van der Waals surface area contributed by atoms with Gasteiger partial charge in [0, 0.05) is 28.2 Å². The summed E-state index contributed by atoms with van der Waals surface area (Å²) in [6.07, 6.45) is 0. The maximum atomic E-state index is 7.68. The Bertz CT molecular complexity index is 580. The fraction of sp³-hybridized carbons (Fsp3) is 0.214. The van der Waals surface area contributed by atoms with E-state index in [2.05, 4.69) is 23.3 Å². The number of nitrogens with two attached hydrogens (primary N) is 1. The summed E-state index contributed by atoms with van der Waals surface area (Å²) in [5.74, 6) is 0.0303. The first-order chi connectivity index (χ1) is 9.00. The van der Waals surface area contributed by atoms with Crippen LogP contribution in [0.3, 0.4) is 0 Å². The van der Waals surface area contributed by atoms with Crippen LogP contribution in [0.2, 0.25) is 5.02 Å². The highest BCUT2D eigenvalue weighted by atomic mass is 35.5. The number of nitrogen functional groups attached to an aromatic ring is 1. The summed E-state index contributed by atoms with van der Waals surface area (Å²) in [5.41, 5.74) is 7.22.